The van der Waals surface area contributed by atoms with E-state index in [1.807, 2.05) is 23.1 Å². The molecule has 1 aromatic rings. The van der Waals surface area contributed by atoms with Crippen LogP contribution in [0.15, 0.2) is 24.3 Å². The molecule has 6 nitrogen and oxygen atoms in total. The second-order valence-electron chi connectivity index (χ2n) is 5.88. The number of carbonyl (C=O) groups is 2. The summed E-state index contributed by atoms with van der Waals surface area (Å²) in [6.07, 6.45) is 2.30. The Balaban J connectivity index is 1.41. The molecule has 0 spiro atoms. The van der Waals surface area contributed by atoms with Crippen LogP contribution in [0.3, 0.4) is 0 Å². The van der Waals surface area contributed by atoms with Crippen molar-refractivity contribution in [1.29, 1.82) is 0 Å². The molecular weight excluding hydrogens is 294 g/mol. The van der Waals surface area contributed by atoms with Crippen molar-refractivity contribution >= 4 is 17.7 Å². The maximum atomic E-state index is 12.4. The molecule has 1 fully saturated rings. The van der Waals surface area contributed by atoms with Crippen LogP contribution in [0.25, 0.3) is 0 Å². The quantitative estimate of drug-likeness (QED) is 0.806. The zero-order chi connectivity index (χ0) is 16.1. The van der Waals surface area contributed by atoms with E-state index in [1.54, 1.807) is 4.90 Å². The Morgan fingerprint density at radius 1 is 1.22 bits per heavy atom. The zero-order valence-corrected chi connectivity index (χ0v) is 13.3. The summed E-state index contributed by atoms with van der Waals surface area (Å²) in [4.78, 5) is 27.3. The number of cyclic esters (lactones) is 1. The van der Waals surface area contributed by atoms with Gasteiger partial charge in [-0.3, -0.25) is 4.79 Å². The minimum Gasteiger partial charge on any atom is -0.448 e. The summed E-state index contributed by atoms with van der Waals surface area (Å²) in [7, 11) is 0. The molecule has 23 heavy (non-hydrogen) atoms. The lowest BCUT2D eigenvalue weighted by atomic mass is 10.0. The standard InChI is InChI=1S/C17H23N3O3/c21-16(7-8-18-9-11-19-12-13-23-17(19)22)20-10-3-5-14-4-1-2-6-15(14)20/h1-2,4,6,18H,3,5,7-13H2. The number of aryl methyl sites for hydroxylation is 1. The van der Waals surface area contributed by atoms with Crippen LogP contribution in [0.2, 0.25) is 0 Å². The third-order valence-corrected chi connectivity index (χ3v) is 4.33. The molecule has 0 atom stereocenters. The van der Waals surface area contributed by atoms with Crippen LogP contribution >= 0.6 is 0 Å². The second-order valence-corrected chi connectivity index (χ2v) is 5.88. The highest BCUT2D eigenvalue weighted by molar-refractivity contribution is 5.94. The number of benzene rings is 1. The number of fused-ring (bicyclic) bond motifs is 1. The summed E-state index contributed by atoms with van der Waals surface area (Å²) in [5.41, 5.74) is 2.32. The molecular formula is C17H23N3O3. The topological polar surface area (TPSA) is 61.9 Å². The number of nitrogens with zero attached hydrogens (tertiary/aromatic N) is 2. The molecule has 0 aromatic heterocycles. The van der Waals surface area contributed by atoms with Crippen LogP contribution in [0.4, 0.5) is 10.5 Å². The Labute approximate surface area is 136 Å². The highest BCUT2D eigenvalue weighted by atomic mass is 16.6. The molecule has 1 saturated heterocycles. The lowest BCUT2D eigenvalue weighted by Gasteiger charge is -2.29. The van der Waals surface area contributed by atoms with E-state index in [0.717, 1.165) is 25.1 Å². The first-order chi connectivity index (χ1) is 11.3. The van der Waals surface area contributed by atoms with Gasteiger partial charge in [-0.05, 0) is 24.5 Å². The summed E-state index contributed by atoms with van der Waals surface area (Å²) in [6, 6.07) is 8.14. The van der Waals surface area contributed by atoms with Gasteiger partial charge in [0.1, 0.15) is 6.61 Å². The van der Waals surface area contributed by atoms with Crippen LogP contribution in [-0.4, -0.2) is 56.2 Å². The predicted molar refractivity (Wildman–Crippen MR) is 87.5 cm³/mol. The second kappa shape index (κ2) is 7.46. The number of rotatable bonds is 6. The van der Waals surface area contributed by atoms with Gasteiger partial charge < -0.3 is 19.9 Å². The van der Waals surface area contributed by atoms with Crippen LogP contribution in [-0.2, 0) is 16.0 Å². The van der Waals surface area contributed by atoms with E-state index in [2.05, 4.69) is 11.4 Å². The van der Waals surface area contributed by atoms with E-state index in [0.29, 0.717) is 39.2 Å². The van der Waals surface area contributed by atoms with Crippen molar-refractivity contribution in [1.82, 2.24) is 10.2 Å². The Morgan fingerprint density at radius 2 is 2.09 bits per heavy atom. The molecule has 0 unspecified atom stereocenters. The molecule has 0 saturated carbocycles. The highest BCUT2D eigenvalue weighted by Gasteiger charge is 2.22. The molecule has 2 aliphatic heterocycles. The summed E-state index contributed by atoms with van der Waals surface area (Å²) in [5.74, 6) is 0.158. The molecule has 0 bridgehead atoms. The minimum absolute atomic E-state index is 0.158. The molecule has 6 heteroatoms. The number of carbonyl (C=O) groups excluding carboxylic acids is 2. The van der Waals surface area contributed by atoms with Gasteiger partial charge in [-0.2, -0.15) is 0 Å². The van der Waals surface area contributed by atoms with Crippen LogP contribution in [0, 0.1) is 0 Å². The largest absolute Gasteiger partial charge is 0.448 e. The predicted octanol–water partition coefficient (Wildman–Crippen LogP) is 1.40. The smallest absolute Gasteiger partial charge is 0.409 e. The Kier molecular flexibility index (Phi) is 5.12. The number of para-hydroxylation sites is 1. The van der Waals surface area contributed by atoms with Gasteiger partial charge in [0.05, 0.1) is 6.54 Å². The van der Waals surface area contributed by atoms with Gasteiger partial charge in [0, 0.05) is 38.3 Å². The first kappa shape index (κ1) is 15.8. The van der Waals surface area contributed by atoms with Gasteiger partial charge >= 0.3 is 6.09 Å². The summed E-state index contributed by atoms with van der Waals surface area (Å²) < 4.78 is 4.87. The summed E-state index contributed by atoms with van der Waals surface area (Å²) in [5, 5.41) is 3.23. The fraction of sp³-hybridized carbons (Fsp3) is 0.529. The van der Waals surface area contributed by atoms with Crippen molar-refractivity contribution < 1.29 is 14.3 Å². The van der Waals surface area contributed by atoms with Gasteiger partial charge in [-0.1, -0.05) is 18.2 Å². The molecule has 1 N–H and O–H groups in total. The molecule has 2 amide bonds. The Hall–Kier alpha value is -2.08. The monoisotopic (exact) mass is 317 g/mol. The van der Waals surface area contributed by atoms with E-state index >= 15 is 0 Å². The average Bonchev–Trinajstić information content (AvgIpc) is 2.99. The van der Waals surface area contributed by atoms with E-state index in [9.17, 15) is 9.59 Å². The van der Waals surface area contributed by atoms with E-state index < -0.39 is 0 Å². The van der Waals surface area contributed by atoms with Crippen molar-refractivity contribution in [3.63, 3.8) is 0 Å². The van der Waals surface area contributed by atoms with Crippen LogP contribution < -0.4 is 10.2 Å². The van der Waals surface area contributed by atoms with Crippen molar-refractivity contribution in [3.8, 4) is 0 Å². The van der Waals surface area contributed by atoms with Gasteiger partial charge in [0.2, 0.25) is 5.91 Å². The number of amides is 2. The lowest BCUT2D eigenvalue weighted by molar-refractivity contribution is -0.118. The highest BCUT2D eigenvalue weighted by Crippen LogP contribution is 2.26. The lowest BCUT2D eigenvalue weighted by Crippen LogP contribution is -2.38. The number of hydrogen-bond acceptors (Lipinski definition) is 4. The molecule has 2 aliphatic rings. The third-order valence-electron chi connectivity index (χ3n) is 4.33. The van der Waals surface area contributed by atoms with Crippen molar-refractivity contribution in [2.75, 3.05) is 44.2 Å². The first-order valence-electron chi connectivity index (χ1n) is 8.26. The summed E-state index contributed by atoms with van der Waals surface area (Å²) >= 11 is 0. The van der Waals surface area contributed by atoms with Crippen molar-refractivity contribution in [2.24, 2.45) is 0 Å². The van der Waals surface area contributed by atoms with Crippen molar-refractivity contribution in [2.45, 2.75) is 19.3 Å². The fourth-order valence-corrected chi connectivity index (χ4v) is 3.09. The van der Waals surface area contributed by atoms with Crippen LogP contribution in [0.5, 0.6) is 0 Å². The first-order valence-corrected chi connectivity index (χ1v) is 8.26. The van der Waals surface area contributed by atoms with Gasteiger partial charge in [-0.25, -0.2) is 4.79 Å². The third kappa shape index (κ3) is 3.82. The molecule has 2 heterocycles. The zero-order valence-electron chi connectivity index (χ0n) is 13.3. The van der Waals surface area contributed by atoms with E-state index in [4.69, 9.17) is 4.74 Å². The van der Waals surface area contributed by atoms with Gasteiger partial charge in [0.25, 0.3) is 0 Å². The van der Waals surface area contributed by atoms with E-state index in [-0.39, 0.29) is 12.0 Å². The molecule has 3 rings (SSSR count). The Bertz CT molecular complexity index is 576. The minimum atomic E-state index is -0.243. The SMILES string of the molecule is O=C1OCCN1CCNCCC(=O)N1CCCc2ccccc21. The Morgan fingerprint density at radius 3 is 2.91 bits per heavy atom. The van der Waals surface area contributed by atoms with Gasteiger partial charge in [0.15, 0.2) is 0 Å². The maximum Gasteiger partial charge on any atom is 0.409 e. The molecule has 124 valence electrons. The number of nitrogens with one attached hydrogen (secondary N) is 1. The maximum absolute atomic E-state index is 12.4. The number of anilines is 1. The molecule has 0 aliphatic carbocycles. The number of hydrogen-bond donors (Lipinski definition) is 1. The molecule has 0 radical (unpaired) electrons. The normalized spacial score (nSPS) is 17.1. The fourth-order valence-electron chi connectivity index (χ4n) is 3.09. The summed E-state index contributed by atoms with van der Waals surface area (Å²) in [6.45, 7) is 3.87. The van der Waals surface area contributed by atoms with Crippen LogP contribution in [0.1, 0.15) is 18.4 Å². The number of ether oxygens (including phenoxy) is 1. The molecule has 1 aromatic carbocycles. The average molecular weight is 317 g/mol. The van der Waals surface area contributed by atoms with Gasteiger partial charge in [-0.15, -0.1) is 0 Å². The van der Waals surface area contributed by atoms with E-state index in [1.165, 1.54) is 5.56 Å². The van der Waals surface area contributed by atoms with Crippen molar-refractivity contribution in [3.05, 3.63) is 29.8 Å².